The molecule has 2 nitrogen and oxygen atoms in total. The summed E-state index contributed by atoms with van der Waals surface area (Å²) in [6.07, 6.45) is 4.92. The Kier molecular flexibility index (Phi) is 3.36. The van der Waals surface area contributed by atoms with Gasteiger partial charge in [0.15, 0.2) is 0 Å². The Morgan fingerprint density at radius 1 is 1.73 bits per heavy atom. The minimum atomic E-state index is 0.986. The Bertz CT molecular complexity index is 240. The number of nitrogens with zero attached hydrogens (tertiary/aromatic N) is 2. The fraction of sp³-hybridized carbons (Fsp3) is 0.375. The molecule has 0 amide bonds. The smallest absolute Gasteiger partial charge is 0.0615 e. The van der Waals surface area contributed by atoms with Gasteiger partial charge in [0.05, 0.1) is 5.69 Å². The molecule has 1 rings (SSSR count). The maximum absolute atomic E-state index is 4.17. The Morgan fingerprint density at radius 3 is 3.18 bits per heavy atom. The molecule has 0 unspecified atom stereocenters. The highest BCUT2D eigenvalue weighted by Gasteiger charge is 1.94. The number of rotatable bonds is 3. The van der Waals surface area contributed by atoms with E-state index in [1.54, 1.807) is 0 Å². The standard InChI is InChI=1S/C8H11BrN2/c1-2-7-11-8(3-5-9)4-6-10-11/h3-6H,2,7H2,1H3/b5-3+. The highest BCUT2D eigenvalue weighted by molar-refractivity contribution is 9.11. The van der Waals surface area contributed by atoms with Crippen LogP contribution in [0.15, 0.2) is 17.2 Å². The van der Waals surface area contributed by atoms with E-state index in [1.807, 2.05) is 28.0 Å². The van der Waals surface area contributed by atoms with Crippen molar-refractivity contribution < 1.29 is 0 Å². The molecule has 1 aromatic rings. The van der Waals surface area contributed by atoms with E-state index in [0.717, 1.165) is 18.7 Å². The van der Waals surface area contributed by atoms with E-state index in [-0.39, 0.29) is 0 Å². The van der Waals surface area contributed by atoms with Crippen molar-refractivity contribution >= 4 is 22.0 Å². The Balaban J connectivity index is 2.78. The minimum Gasteiger partial charge on any atom is -0.265 e. The first-order valence-electron chi connectivity index (χ1n) is 3.67. The largest absolute Gasteiger partial charge is 0.265 e. The summed E-state index contributed by atoms with van der Waals surface area (Å²) >= 11 is 3.23. The lowest BCUT2D eigenvalue weighted by atomic mass is 10.4. The molecule has 11 heavy (non-hydrogen) atoms. The van der Waals surface area contributed by atoms with Crippen LogP contribution in [0.1, 0.15) is 19.0 Å². The molecule has 0 atom stereocenters. The Morgan fingerprint density at radius 2 is 2.55 bits per heavy atom. The molecule has 0 aliphatic rings. The minimum absolute atomic E-state index is 0.986. The van der Waals surface area contributed by atoms with Gasteiger partial charge in [-0.2, -0.15) is 5.10 Å². The molecule has 0 spiro atoms. The van der Waals surface area contributed by atoms with Crippen LogP contribution in [-0.4, -0.2) is 9.78 Å². The van der Waals surface area contributed by atoms with Crippen molar-refractivity contribution in [2.45, 2.75) is 19.9 Å². The van der Waals surface area contributed by atoms with Gasteiger partial charge in [-0.3, -0.25) is 4.68 Å². The van der Waals surface area contributed by atoms with Crippen LogP contribution in [0.3, 0.4) is 0 Å². The van der Waals surface area contributed by atoms with Crippen molar-refractivity contribution in [2.75, 3.05) is 0 Å². The number of aromatic nitrogens is 2. The van der Waals surface area contributed by atoms with E-state index in [1.165, 1.54) is 0 Å². The van der Waals surface area contributed by atoms with Gasteiger partial charge in [-0.05, 0) is 23.5 Å². The molecule has 0 aromatic carbocycles. The first-order chi connectivity index (χ1) is 5.38. The van der Waals surface area contributed by atoms with Gasteiger partial charge in [0.1, 0.15) is 0 Å². The van der Waals surface area contributed by atoms with Crippen molar-refractivity contribution in [1.82, 2.24) is 9.78 Å². The third-order valence-corrected chi connectivity index (χ3v) is 1.68. The molecule has 1 heterocycles. The molecule has 0 fully saturated rings. The van der Waals surface area contributed by atoms with Gasteiger partial charge < -0.3 is 0 Å². The molecular weight excluding hydrogens is 204 g/mol. The van der Waals surface area contributed by atoms with E-state index in [4.69, 9.17) is 0 Å². The van der Waals surface area contributed by atoms with E-state index in [2.05, 4.69) is 28.0 Å². The predicted octanol–water partition coefficient (Wildman–Crippen LogP) is 2.66. The monoisotopic (exact) mass is 214 g/mol. The Hall–Kier alpha value is -0.570. The van der Waals surface area contributed by atoms with E-state index < -0.39 is 0 Å². The highest BCUT2D eigenvalue weighted by atomic mass is 79.9. The van der Waals surface area contributed by atoms with Gasteiger partial charge in [0.2, 0.25) is 0 Å². The number of halogens is 1. The molecule has 0 bridgehead atoms. The van der Waals surface area contributed by atoms with Crippen LogP contribution in [0, 0.1) is 0 Å². The van der Waals surface area contributed by atoms with Crippen LogP contribution in [0.2, 0.25) is 0 Å². The fourth-order valence-electron chi connectivity index (χ4n) is 0.948. The molecule has 0 N–H and O–H groups in total. The van der Waals surface area contributed by atoms with Crippen molar-refractivity contribution in [3.63, 3.8) is 0 Å². The fourth-order valence-corrected chi connectivity index (χ4v) is 1.22. The SMILES string of the molecule is CCCn1nccc1/C=C/Br. The molecular formula is C8H11BrN2. The zero-order valence-corrected chi connectivity index (χ0v) is 8.08. The molecule has 0 saturated carbocycles. The summed E-state index contributed by atoms with van der Waals surface area (Å²) in [5.41, 5.74) is 1.14. The van der Waals surface area contributed by atoms with Gasteiger partial charge in [-0.25, -0.2) is 0 Å². The average Bonchev–Trinajstić information content (AvgIpc) is 2.39. The summed E-state index contributed by atoms with van der Waals surface area (Å²) in [5.74, 6) is 0. The van der Waals surface area contributed by atoms with Gasteiger partial charge in [-0.1, -0.05) is 22.9 Å². The van der Waals surface area contributed by atoms with Gasteiger partial charge in [-0.15, -0.1) is 0 Å². The normalized spacial score (nSPS) is 11.1. The molecule has 3 heteroatoms. The molecule has 60 valence electrons. The molecule has 0 aliphatic heterocycles. The van der Waals surface area contributed by atoms with E-state index >= 15 is 0 Å². The molecule has 1 aromatic heterocycles. The zero-order chi connectivity index (χ0) is 8.10. The summed E-state index contributed by atoms with van der Waals surface area (Å²) < 4.78 is 1.98. The second kappa shape index (κ2) is 4.34. The van der Waals surface area contributed by atoms with Crippen LogP contribution >= 0.6 is 15.9 Å². The van der Waals surface area contributed by atoms with Crippen molar-refractivity contribution in [2.24, 2.45) is 0 Å². The summed E-state index contributed by atoms with van der Waals surface area (Å²) in [6.45, 7) is 3.13. The van der Waals surface area contributed by atoms with Crippen molar-refractivity contribution in [3.8, 4) is 0 Å². The third kappa shape index (κ3) is 2.19. The third-order valence-electron chi connectivity index (χ3n) is 1.42. The number of hydrogen-bond acceptors (Lipinski definition) is 1. The lowest BCUT2D eigenvalue weighted by molar-refractivity contribution is 0.598. The summed E-state index contributed by atoms with van der Waals surface area (Å²) in [6, 6.07) is 1.99. The van der Waals surface area contributed by atoms with Crippen molar-refractivity contribution in [3.05, 3.63) is 22.9 Å². The van der Waals surface area contributed by atoms with Crippen LogP contribution in [0.4, 0.5) is 0 Å². The summed E-state index contributed by atoms with van der Waals surface area (Å²) in [5, 5.41) is 4.17. The number of aryl methyl sites for hydroxylation is 1. The predicted molar refractivity (Wildman–Crippen MR) is 50.5 cm³/mol. The van der Waals surface area contributed by atoms with Crippen LogP contribution in [0.5, 0.6) is 0 Å². The van der Waals surface area contributed by atoms with Crippen LogP contribution in [0.25, 0.3) is 6.08 Å². The molecule has 0 radical (unpaired) electrons. The van der Waals surface area contributed by atoms with Crippen LogP contribution < -0.4 is 0 Å². The highest BCUT2D eigenvalue weighted by Crippen LogP contribution is 2.03. The second-order valence-electron chi connectivity index (χ2n) is 2.27. The maximum Gasteiger partial charge on any atom is 0.0615 e. The lowest BCUT2D eigenvalue weighted by Crippen LogP contribution is -2.00. The van der Waals surface area contributed by atoms with Gasteiger partial charge in [0.25, 0.3) is 0 Å². The van der Waals surface area contributed by atoms with Crippen molar-refractivity contribution in [1.29, 1.82) is 0 Å². The topological polar surface area (TPSA) is 17.8 Å². The number of hydrogen-bond donors (Lipinski definition) is 0. The van der Waals surface area contributed by atoms with E-state index in [9.17, 15) is 0 Å². The zero-order valence-electron chi connectivity index (χ0n) is 6.50. The molecule has 0 saturated heterocycles. The van der Waals surface area contributed by atoms with Gasteiger partial charge in [0, 0.05) is 12.7 Å². The summed E-state index contributed by atoms with van der Waals surface area (Å²) in [4.78, 5) is 1.84. The molecule has 0 aliphatic carbocycles. The van der Waals surface area contributed by atoms with E-state index in [0.29, 0.717) is 0 Å². The quantitative estimate of drug-likeness (QED) is 0.757. The van der Waals surface area contributed by atoms with Gasteiger partial charge >= 0.3 is 0 Å². The summed E-state index contributed by atoms with van der Waals surface area (Å²) in [7, 11) is 0. The maximum atomic E-state index is 4.17. The van der Waals surface area contributed by atoms with Crippen LogP contribution in [-0.2, 0) is 6.54 Å². The second-order valence-corrected chi connectivity index (χ2v) is 2.80. The first kappa shape index (κ1) is 8.53. The Labute approximate surface area is 75.0 Å². The average molecular weight is 215 g/mol. The lowest BCUT2D eigenvalue weighted by Gasteiger charge is -1.99. The first-order valence-corrected chi connectivity index (χ1v) is 4.58.